The Kier molecular flexibility index (Phi) is 5.15. The molecule has 0 aliphatic carbocycles. The minimum absolute atomic E-state index is 0.0741. The van der Waals surface area contributed by atoms with Gasteiger partial charge in [0, 0.05) is 11.4 Å². The van der Waals surface area contributed by atoms with Gasteiger partial charge in [0.05, 0.1) is 7.11 Å². The molecule has 1 heterocycles. The Hall–Kier alpha value is -1.41. The zero-order valence-electron chi connectivity index (χ0n) is 13.6. The Labute approximate surface area is 141 Å². The number of aliphatic hydroxyl groups is 1. The van der Waals surface area contributed by atoms with Gasteiger partial charge in [0.15, 0.2) is 0 Å². The van der Waals surface area contributed by atoms with Crippen molar-refractivity contribution in [1.82, 2.24) is 4.72 Å². The lowest BCUT2D eigenvalue weighted by molar-refractivity contribution is 0.0666. The molecule has 0 aliphatic rings. The minimum Gasteiger partial charge on any atom is -0.495 e. The van der Waals surface area contributed by atoms with Crippen LogP contribution in [0, 0.1) is 13.8 Å². The van der Waals surface area contributed by atoms with E-state index in [1.165, 1.54) is 18.4 Å². The van der Waals surface area contributed by atoms with Gasteiger partial charge in [0.2, 0.25) is 10.0 Å². The van der Waals surface area contributed by atoms with E-state index >= 15 is 0 Å². The first-order valence-corrected chi connectivity index (χ1v) is 9.45. The molecule has 2 aromatic rings. The molecule has 1 aromatic heterocycles. The molecule has 0 aliphatic heterocycles. The molecule has 7 heteroatoms. The number of hydrogen-bond acceptors (Lipinski definition) is 5. The Bertz CT molecular complexity index is 781. The highest BCUT2D eigenvalue weighted by molar-refractivity contribution is 7.89. The van der Waals surface area contributed by atoms with E-state index in [-0.39, 0.29) is 17.2 Å². The Morgan fingerprint density at radius 3 is 2.52 bits per heavy atom. The van der Waals surface area contributed by atoms with Crippen molar-refractivity contribution in [2.45, 2.75) is 31.3 Å². The van der Waals surface area contributed by atoms with Crippen LogP contribution in [0.15, 0.2) is 34.5 Å². The van der Waals surface area contributed by atoms with Crippen LogP contribution in [0.2, 0.25) is 0 Å². The molecule has 5 nitrogen and oxygen atoms in total. The maximum Gasteiger partial charge on any atom is 0.244 e. The molecule has 2 N–H and O–H groups in total. The summed E-state index contributed by atoms with van der Waals surface area (Å²) < 4.78 is 32.9. The van der Waals surface area contributed by atoms with Crippen LogP contribution in [-0.4, -0.2) is 27.2 Å². The van der Waals surface area contributed by atoms with E-state index in [4.69, 9.17) is 4.74 Å². The lowest BCUT2D eigenvalue weighted by atomic mass is 10.1. The predicted octanol–water partition coefficient (Wildman–Crippen LogP) is 2.56. The summed E-state index contributed by atoms with van der Waals surface area (Å²) in [5.41, 5.74) is 0.538. The SMILES string of the molecule is COc1cc(C)c(C)cc1S(=O)(=O)NCC(C)(O)c1cccs1. The highest BCUT2D eigenvalue weighted by atomic mass is 32.2. The molecular weight excluding hydrogens is 334 g/mol. The second kappa shape index (κ2) is 6.60. The van der Waals surface area contributed by atoms with E-state index < -0.39 is 15.6 Å². The molecule has 0 saturated heterocycles. The van der Waals surface area contributed by atoms with Crippen molar-refractivity contribution < 1.29 is 18.3 Å². The van der Waals surface area contributed by atoms with Gasteiger partial charge in [-0.1, -0.05) is 6.07 Å². The van der Waals surface area contributed by atoms with Crippen LogP contribution in [0.4, 0.5) is 0 Å². The standard InChI is InChI=1S/C16H21NO4S2/c1-11-8-13(21-4)14(9-12(11)2)23(19,20)17-10-16(3,18)15-6-5-7-22-15/h5-9,17-18H,10H2,1-4H3. The molecule has 0 bridgehead atoms. The number of ether oxygens (including phenoxy) is 1. The summed E-state index contributed by atoms with van der Waals surface area (Å²) in [6, 6.07) is 6.86. The lowest BCUT2D eigenvalue weighted by Gasteiger charge is -2.22. The number of aryl methyl sites for hydroxylation is 2. The van der Waals surface area contributed by atoms with Gasteiger partial charge in [0.1, 0.15) is 16.2 Å². The molecule has 23 heavy (non-hydrogen) atoms. The van der Waals surface area contributed by atoms with Gasteiger partial charge in [-0.25, -0.2) is 13.1 Å². The quantitative estimate of drug-likeness (QED) is 0.835. The van der Waals surface area contributed by atoms with Crippen LogP contribution in [0.1, 0.15) is 22.9 Å². The van der Waals surface area contributed by atoms with Crippen LogP contribution >= 0.6 is 11.3 Å². The van der Waals surface area contributed by atoms with E-state index in [1.54, 1.807) is 25.1 Å². The van der Waals surface area contributed by atoms with Crippen LogP contribution in [-0.2, 0) is 15.6 Å². The zero-order valence-corrected chi connectivity index (χ0v) is 15.2. The monoisotopic (exact) mass is 355 g/mol. The van der Waals surface area contributed by atoms with Gasteiger partial charge in [-0.2, -0.15) is 0 Å². The first kappa shape index (κ1) is 17.9. The number of benzene rings is 1. The normalized spacial score (nSPS) is 14.5. The van der Waals surface area contributed by atoms with Crippen LogP contribution in [0.25, 0.3) is 0 Å². The average Bonchev–Trinajstić information content (AvgIpc) is 3.03. The first-order valence-electron chi connectivity index (χ1n) is 7.08. The van der Waals surface area contributed by atoms with Crippen LogP contribution in [0.5, 0.6) is 5.75 Å². The Morgan fingerprint density at radius 2 is 1.96 bits per heavy atom. The smallest absolute Gasteiger partial charge is 0.244 e. The summed E-state index contributed by atoms with van der Waals surface area (Å²) in [6.45, 7) is 5.20. The molecule has 0 amide bonds. The van der Waals surface area contributed by atoms with E-state index in [0.29, 0.717) is 4.88 Å². The topological polar surface area (TPSA) is 75.6 Å². The average molecular weight is 355 g/mol. The molecule has 0 fully saturated rings. The Balaban J connectivity index is 2.28. The van der Waals surface area contributed by atoms with E-state index in [1.807, 2.05) is 25.3 Å². The summed E-state index contributed by atoms with van der Waals surface area (Å²) >= 11 is 1.38. The third-order valence-electron chi connectivity index (χ3n) is 3.73. The number of sulfonamides is 1. The highest BCUT2D eigenvalue weighted by Gasteiger charge is 2.28. The van der Waals surface area contributed by atoms with E-state index in [2.05, 4.69) is 4.72 Å². The van der Waals surface area contributed by atoms with Crippen LogP contribution in [0.3, 0.4) is 0 Å². The maximum absolute atomic E-state index is 12.6. The zero-order chi connectivity index (χ0) is 17.3. The van der Waals surface area contributed by atoms with Crippen molar-refractivity contribution in [2.75, 3.05) is 13.7 Å². The maximum atomic E-state index is 12.6. The van der Waals surface area contributed by atoms with Crippen molar-refractivity contribution in [1.29, 1.82) is 0 Å². The summed E-state index contributed by atoms with van der Waals surface area (Å²) in [6.07, 6.45) is 0. The van der Waals surface area contributed by atoms with Crippen molar-refractivity contribution in [3.63, 3.8) is 0 Å². The minimum atomic E-state index is -3.80. The van der Waals surface area contributed by atoms with Crippen molar-refractivity contribution in [3.05, 3.63) is 45.6 Å². The summed E-state index contributed by atoms with van der Waals surface area (Å²) in [7, 11) is -2.36. The molecule has 126 valence electrons. The number of methoxy groups -OCH3 is 1. The molecule has 1 aromatic carbocycles. The number of rotatable bonds is 6. The molecule has 2 rings (SSSR count). The van der Waals surface area contributed by atoms with E-state index in [9.17, 15) is 13.5 Å². The van der Waals surface area contributed by atoms with Crippen molar-refractivity contribution >= 4 is 21.4 Å². The predicted molar refractivity (Wildman–Crippen MR) is 91.5 cm³/mol. The van der Waals surface area contributed by atoms with Gasteiger partial charge in [-0.15, -0.1) is 11.3 Å². The second-order valence-electron chi connectivity index (χ2n) is 5.66. The number of nitrogens with one attached hydrogen (secondary N) is 1. The fourth-order valence-electron chi connectivity index (χ4n) is 2.12. The summed E-state index contributed by atoms with van der Waals surface area (Å²) in [5, 5.41) is 12.3. The first-order chi connectivity index (χ1) is 10.7. The third kappa shape index (κ3) is 3.92. The third-order valence-corrected chi connectivity index (χ3v) is 6.27. The number of hydrogen-bond donors (Lipinski definition) is 2. The summed E-state index contributed by atoms with van der Waals surface area (Å²) in [5.74, 6) is 0.288. The van der Waals surface area contributed by atoms with Gasteiger partial charge in [-0.3, -0.25) is 0 Å². The lowest BCUT2D eigenvalue weighted by Crippen LogP contribution is -2.38. The van der Waals surface area contributed by atoms with Gasteiger partial charge < -0.3 is 9.84 Å². The van der Waals surface area contributed by atoms with Gasteiger partial charge >= 0.3 is 0 Å². The van der Waals surface area contributed by atoms with E-state index in [0.717, 1.165) is 11.1 Å². The number of thiophene rings is 1. The Morgan fingerprint density at radius 1 is 1.30 bits per heavy atom. The molecule has 1 atom stereocenters. The second-order valence-corrected chi connectivity index (χ2v) is 8.35. The summed E-state index contributed by atoms with van der Waals surface area (Å²) in [4.78, 5) is 0.775. The van der Waals surface area contributed by atoms with Gasteiger partial charge in [0.25, 0.3) is 0 Å². The van der Waals surface area contributed by atoms with Crippen molar-refractivity contribution in [3.8, 4) is 5.75 Å². The molecule has 0 radical (unpaired) electrons. The fraction of sp³-hybridized carbons (Fsp3) is 0.375. The molecule has 0 spiro atoms. The van der Waals surface area contributed by atoms with Crippen LogP contribution < -0.4 is 9.46 Å². The van der Waals surface area contributed by atoms with Gasteiger partial charge in [-0.05, 0) is 55.5 Å². The van der Waals surface area contributed by atoms with Crippen molar-refractivity contribution in [2.24, 2.45) is 0 Å². The molecular formula is C16H21NO4S2. The fourth-order valence-corrected chi connectivity index (χ4v) is 4.27. The largest absolute Gasteiger partial charge is 0.495 e. The molecule has 0 saturated carbocycles. The molecule has 1 unspecified atom stereocenters. The highest BCUT2D eigenvalue weighted by Crippen LogP contribution is 2.29.